The molecule has 2 unspecified atom stereocenters. The maximum absolute atomic E-state index is 8.81. The molecule has 0 amide bonds. The van der Waals surface area contributed by atoms with Gasteiger partial charge in [0, 0.05) is 0 Å². The number of aromatic nitrogens is 2. The molecule has 6 rings (SSSR count). The van der Waals surface area contributed by atoms with Crippen LogP contribution in [0, 0.1) is 13.8 Å². The third kappa shape index (κ3) is 5.60. The number of unbranched alkanes of at least 4 members (excludes halogenated alkanes) is 2. The monoisotopic (exact) mass is 743 g/mol. The maximum atomic E-state index is 8.81. The number of nitrogens with zero attached hydrogens (tertiary/aromatic N) is 2. The normalized spacial score (nSPS) is 18.2. The third-order valence-corrected chi connectivity index (χ3v) is 62.5. The van der Waals surface area contributed by atoms with Gasteiger partial charge in [0.05, 0.1) is 0 Å². The number of allylic oxidation sites excluding steroid dienone is 2. The molecule has 46 heavy (non-hydrogen) atoms. The van der Waals surface area contributed by atoms with Crippen LogP contribution in [-0.2, 0) is 15.6 Å². The van der Waals surface area contributed by atoms with E-state index < -0.39 is 21.5 Å². The van der Waals surface area contributed by atoms with Crippen molar-refractivity contribution in [3.05, 3.63) is 118 Å². The Kier molecular flexibility index (Phi) is 9.86. The van der Waals surface area contributed by atoms with Gasteiger partial charge in [-0.2, -0.15) is 0 Å². The predicted molar refractivity (Wildman–Crippen MR) is 200 cm³/mol. The summed E-state index contributed by atoms with van der Waals surface area (Å²) >= 11 is -4.93. The van der Waals surface area contributed by atoms with E-state index in [4.69, 9.17) is 27.0 Å². The second kappa shape index (κ2) is 13.4. The first kappa shape index (κ1) is 33.8. The second-order valence-electron chi connectivity index (χ2n) is 13.8. The van der Waals surface area contributed by atoms with Crippen LogP contribution in [0.5, 0.6) is 0 Å². The summed E-state index contributed by atoms with van der Waals surface area (Å²) in [5.41, 5.74) is 15.3. The van der Waals surface area contributed by atoms with E-state index in [0.29, 0.717) is 0 Å². The summed E-state index contributed by atoms with van der Waals surface area (Å²) in [5.74, 6) is -1.68. The topological polar surface area (TPSA) is 25.8 Å². The van der Waals surface area contributed by atoms with Crippen molar-refractivity contribution in [1.29, 1.82) is 0 Å². The minimum atomic E-state index is -4.93. The Morgan fingerprint density at radius 1 is 0.652 bits per heavy atom. The van der Waals surface area contributed by atoms with Crippen LogP contribution in [0.15, 0.2) is 84.2 Å². The fraction of sp³-hybridized carbons (Fsp3) is 0.350. The van der Waals surface area contributed by atoms with Crippen molar-refractivity contribution < 1.29 is 15.6 Å². The van der Waals surface area contributed by atoms with Gasteiger partial charge in [-0.3, -0.25) is 0 Å². The molecule has 2 nitrogen and oxygen atoms in total. The Morgan fingerprint density at radius 3 is 1.43 bits per heavy atom. The van der Waals surface area contributed by atoms with Gasteiger partial charge in [-0.1, -0.05) is 0 Å². The molecule has 2 aromatic carbocycles. The van der Waals surface area contributed by atoms with E-state index in [9.17, 15) is 0 Å². The Hall–Kier alpha value is -2.10. The molecule has 0 saturated carbocycles. The van der Waals surface area contributed by atoms with Gasteiger partial charge in [0.2, 0.25) is 0 Å². The number of hydrogen-bond acceptors (Lipinski definition) is 2. The van der Waals surface area contributed by atoms with Crippen molar-refractivity contribution in [2.75, 3.05) is 0 Å². The summed E-state index contributed by atoms with van der Waals surface area (Å²) in [5, 5.41) is 0. The Balaban J connectivity index is 1.65. The van der Waals surface area contributed by atoms with Crippen LogP contribution in [0.1, 0.15) is 93.0 Å². The number of benzene rings is 2. The zero-order valence-electron chi connectivity index (χ0n) is 28.2. The van der Waals surface area contributed by atoms with Crippen LogP contribution in [0.4, 0.5) is 0 Å². The fourth-order valence-electron chi connectivity index (χ4n) is 8.26. The van der Waals surface area contributed by atoms with Crippen LogP contribution < -0.4 is 0 Å². The van der Waals surface area contributed by atoms with Crippen LogP contribution in [-0.4, -0.2) is 15.9 Å². The molecular weight excluding hydrogens is 699 g/mol. The molecule has 2 aromatic heterocycles. The molecule has 0 spiro atoms. The number of fused-ring (bicyclic) bond motifs is 2. The van der Waals surface area contributed by atoms with E-state index in [1.54, 1.807) is 0 Å². The predicted octanol–water partition coefficient (Wildman–Crippen LogP) is 12.4. The van der Waals surface area contributed by atoms with Crippen LogP contribution in [0.3, 0.4) is 0 Å². The van der Waals surface area contributed by atoms with Crippen LogP contribution >= 0.6 is 17.0 Å². The van der Waals surface area contributed by atoms with Crippen molar-refractivity contribution in [1.82, 2.24) is 9.97 Å². The summed E-state index contributed by atoms with van der Waals surface area (Å²) in [7, 11) is 17.6. The van der Waals surface area contributed by atoms with E-state index in [1.165, 1.54) is 55.7 Å². The van der Waals surface area contributed by atoms with Gasteiger partial charge < -0.3 is 0 Å². The molecule has 6 heteroatoms. The molecule has 239 valence electrons. The van der Waals surface area contributed by atoms with Crippen molar-refractivity contribution >= 4 is 35.1 Å². The van der Waals surface area contributed by atoms with Gasteiger partial charge in [-0.25, -0.2) is 0 Å². The molecule has 0 radical (unpaired) electrons. The summed E-state index contributed by atoms with van der Waals surface area (Å²) in [6.45, 7) is 14.0. The zero-order valence-corrected chi connectivity index (χ0v) is 33.3. The van der Waals surface area contributed by atoms with Crippen LogP contribution in [0.25, 0.3) is 34.7 Å². The molecule has 2 atom stereocenters. The van der Waals surface area contributed by atoms with E-state index in [1.807, 2.05) is 24.5 Å². The standard InChI is InChI=1S/2C19H20N.C2H7Si.2ClH.Zr/c2*1-3-4-7-15-12-17-14(2)9-10-16(18(17)13-15)19-8-5-6-11-20-19;1-3-2;;;/h2*5-6,8-13H,3-4,7H2,1-2H3;3H,1-2H3;2*1H;/q;;;;;+2/p-2. The molecule has 2 aliphatic carbocycles. The third-order valence-electron chi connectivity index (χ3n) is 10.7. The Morgan fingerprint density at radius 2 is 1.09 bits per heavy atom. The molecule has 2 heterocycles. The Bertz CT molecular complexity index is 1690. The average molecular weight is 746 g/mol. The number of aryl methyl sites for hydroxylation is 2. The van der Waals surface area contributed by atoms with Crippen molar-refractivity contribution in [3.63, 3.8) is 0 Å². The second-order valence-corrected chi connectivity index (χ2v) is 56.3. The number of halogens is 2. The molecule has 0 saturated heterocycles. The average Bonchev–Trinajstić information content (AvgIpc) is 3.66. The summed E-state index contributed by atoms with van der Waals surface area (Å²) in [6, 6.07) is 21.5. The first-order valence-corrected chi connectivity index (χ1v) is 33.5. The van der Waals surface area contributed by atoms with Gasteiger partial charge in [-0.15, -0.1) is 0 Å². The van der Waals surface area contributed by atoms with Gasteiger partial charge in [-0.05, 0) is 0 Å². The van der Waals surface area contributed by atoms with E-state index >= 15 is 0 Å². The van der Waals surface area contributed by atoms with E-state index in [0.717, 1.165) is 49.9 Å². The number of rotatable bonds is 11. The molecule has 0 N–H and O–H groups in total. The van der Waals surface area contributed by atoms with E-state index in [-0.39, 0.29) is 7.25 Å². The molecule has 0 bridgehead atoms. The fourth-order valence-corrected chi connectivity index (χ4v) is 39.8. The molecule has 0 fully saturated rings. The molecule has 2 aliphatic rings. The minimum absolute atomic E-state index is 0.0838. The number of hydrogen-bond donors (Lipinski definition) is 0. The first-order chi connectivity index (χ1) is 22.1. The summed E-state index contributed by atoms with van der Waals surface area (Å²) in [4.78, 5) is 9.60. The van der Waals surface area contributed by atoms with E-state index in [2.05, 4.69) is 101 Å². The number of pyridine rings is 2. The van der Waals surface area contributed by atoms with Crippen molar-refractivity contribution in [2.24, 2.45) is 0 Å². The quantitative estimate of drug-likeness (QED) is 0.143. The Labute approximate surface area is 285 Å². The van der Waals surface area contributed by atoms with Gasteiger partial charge in [0.25, 0.3) is 0 Å². The summed E-state index contributed by atoms with van der Waals surface area (Å²) in [6.07, 6.45) is 15.4. The van der Waals surface area contributed by atoms with Gasteiger partial charge in [0.1, 0.15) is 0 Å². The van der Waals surface area contributed by atoms with Gasteiger partial charge in [0.15, 0.2) is 0 Å². The molecule has 4 aromatic rings. The summed E-state index contributed by atoms with van der Waals surface area (Å²) < 4.78 is 0.168. The molecule has 0 aliphatic heterocycles. The molecular formula is C40H47Cl2N2SiZr. The zero-order chi connectivity index (χ0) is 32.7. The van der Waals surface area contributed by atoms with Crippen LogP contribution in [0.2, 0.25) is 13.1 Å². The first-order valence-electron chi connectivity index (χ1n) is 17.2. The van der Waals surface area contributed by atoms with Crippen molar-refractivity contribution in [2.45, 2.75) is 86.6 Å². The SMILES string of the molecule is CCCCC1=Cc2c(-c3ccccn3)ccc(C)c2[CH]1[Zr]([Cl])([Cl])([CH]1C(CCCC)=Cc2c(-c3ccccn3)ccc(C)c21)[SiH](C)C. The van der Waals surface area contributed by atoms with Gasteiger partial charge >= 0.3 is 287 Å². The van der Waals surface area contributed by atoms with Crippen molar-refractivity contribution in [3.8, 4) is 22.5 Å².